The summed E-state index contributed by atoms with van der Waals surface area (Å²) >= 11 is 1.27. The van der Waals surface area contributed by atoms with Gasteiger partial charge in [-0.15, -0.1) is 11.3 Å². The van der Waals surface area contributed by atoms with E-state index in [0.29, 0.717) is 35.4 Å². The van der Waals surface area contributed by atoms with Gasteiger partial charge in [0.2, 0.25) is 11.8 Å². The maximum Gasteiger partial charge on any atom is 0.251 e. The van der Waals surface area contributed by atoms with Gasteiger partial charge in [0.1, 0.15) is 17.7 Å². The maximum atomic E-state index is 13.2. The Morgan fingerprint density at radius 2 is 1.89 bits per heavy atom. The lowest BCUT2D eigenvalue weighted by Crippen LogP contribution is -2.49. The zero-order valence-corrected chi connectivity index (χ0v) is 21.3. The molecule has 11 heteroatoms. The first-order valence-corrected chi connectivity index (χ1v) is 12.9. The molecule has 1 fully saturated rings. The number of halogens is 1. The maximum absolute atomic E-state index is 13.2. The van der Waals surface area contributed by atoms with E-state index in [4.69, 9.17) is 11.1 Å². The fraction of sp³-hybridized carbons (Fsp3) is 0.259. The van der Waals surface area contributed by atoms with E-state index in [-0.39, 0.29) is 30.7 Å². The topological polar surface area (TPSA) is 149 Å². The lowest BCUT2D eigenvalue weighted by atomic mass is 10.0. The normalized spacial score (nSPS) is 15.6. The highest BCUT2D eigenvalue weighted by Gasteiger charge is 2.35. The van der Waals surface area contributed by atoms with Gasteiger partial charge >= 0.3 is 0 Å². The van der Waals surface area contributed by atoms with Crippen LogP contribution in [0.15, 0.2) is 60.0 Å². The number of carbonyl (C=O) groups is 3. The number of thiophene rings is 1. The van der Waals surface area contributed by atoms with Crippen LogP contribution in [0.25, 0.3) is 11.1 Å². The number of nitrogens with zero attached hydrogens (tertiary/aromatic N) is 1. The van der Waals surface area contributed by atoms with Crippen molar-refractivity contribution in [1.29, 1.82) is 5.41 Å². The number of amidine groups is 1. The van der Waals surface area contributed by atoms with Crippen LogP contribution in [-0.2, 0) is 9.59 Å². The van der Waals surface area contributed by atoms with Gasteiger partial charge in [0, 0.05) is 27.9 Å². The Balaban J connectivity index is 1.35. The molecule has 0 aliphatic carbocycles. The van der Waals surface area contributed by atoms with Crippen molar-refractivity contribution in [2.75, 3.05) is 19.7 Å². The third-order valence-electron chi connectivity index (χ3n) is 6.35. The summed E-state index contributed by atoms with van der Waals surface area (Å²) in [6.45, 7) is -0.249. The number of hydrogen-bond donors (Lipinski definition) is 5. The number of nitrogens with two attached hydrogens (primary N) is 1. The average Bonchev–Trinajstić information content (AvgIpc) is 3.61. The highest BCUT2D eigenvalue weighted by Crippen LogP contribution is 2.24. The molecule has 1 aliphatic rings. The molecule has 1 aromatic heterocycles. The first kappa shape index (κ1) is 27.0. The van der Waals surface area contributed by atoms with Crippen LogP contribution in [-0.4, -0.2) is 59.3 Å². The molecule has 6 N–H and O–H groups in total. The van der Waals surface area contributed by atoms with Gasteiger partial charge in [0.05, 0.1) is 19.2 Å². The zero-order valence-electron chi connectivity index (χ0n) is 20.4. The number of likely N-dealkylation sites (tertiary alicyclic amines) is 1. The summed E-state index contributed by atoms with van der Waals surface area (Å²) in [7, 11) is 0. The highest BCUT2D eigenvalue weighted by atomic mass is 32.1. The van der Waals surface area contributed by atoms with Crippen molar-refractivity contribution < 1.29 is 23.9 Å². The molecule has 3 aromatic rings. The monoisotopic (exact) mass is 537 g/mol. The first-order chi connectivity index (χ1) is 18.3. The minimum atomic E-state index is -0.720. The fourth-order valence-electron chi connectivity index (χ4n) is 4.33. The van der Waals surface area contributed by atoms with E-state index in [1.807, 2.05) is 0 Å². The van der Waals surface area contributed by atoms with Crippen LogP contribution in [0.4, 0.5) is 4.39 Å². The van der Waals surface area contributed by atoms with Gasteiger partial charge in [0.25, 0.3) is 5.91 Å². The summed E-state index contributed by atoms with van der Waals surface area (Å²) in [5.74, 6) is -1.68. The number of rotatable bonds is 9. The predicted molar refractivity (Wildman–Crippen MR) is 142 cm³/mol. The quantitative estimate of drug-likeness (QED) is 0.210. The third-order valence-corrected chi connectivity index (χ3v) is 7.40. The molecule has 0 bridgehead atoms. The zero-order chi connectivity index (χ0) is 27.2. The summed E-state index contributed by atoms with van der Waals surface area (Å²) in [6, 6.07) is 13.0. The number of hydrogen-bond acceptors (Lipinski definition) is 6. The second-order valence-electron chi connectivity index (χ2n) is 8.91. The second kappa shape index (κ2) is 12.0. The van der Waals surface area contributed by atoms with Crippen LogP contribution in [0.3, 0.4) is 0 Å². The fourth-order valence-corrected chi connectivity index (χ4v) is 5.28. The van der Waals surface area contributed by atoms with Gasteiger partial charge in [-0.1, -0.05) is 24.3 Å². The van der Waals surface area contributed by atoms with E-state index in [1.54, 1.807) is 47.8 Å². The minimum absolute atomic E-state index is 0.104. The Morgan fingerprint density at radius 1 is 1.13 bits per heavy atom. The largest absolute Gasteiger partial charge is 0.394 e. The van der Waals surface area contributed by atoms with Crippen molar-refractivity contribution >= 4 is 34.9 Å². The molecular weight excluding hydrogens is 509 g/mol. The van der Waals surface area contributed by atoms with Gasteiger partial charge in [-0.05, 0) is 54.3 Å². The van der Waals surface area contributed by atoms with Crippen LogP contribution in [0.2, 0.25) is 0 Å². The lowest BCUT2D eigenvalue weighted by molar-refractivity contribution is -0.138. The van der Waals surface area contributed by atoms with Crippen LogP contribution in [0.1, 0.15) is 39.7 Å². The molecule has 1 aliphatic heterocycles. The van der Waals surface area contributed by atoms with Gasteiger partial charge in [-0.3, -0.25) is 19.8 Å². The van der Waals surface area contributed by atoms with E-state index in [9.17, 15) is 23.9 Å². The summed E-state index contributed by atoms with van der Waals surface area (Å²) < 4.78 is 13.2. The average molecular weight is 538 g/mol. The number of nitrogens with one attached hydrogen (secondary N) is 3. The van der Waals surface area contributed by atoms with Crippen LogP contribution >= 0.6 is 11.3 Å². The van der Waals surface area contributed by atoms with E-state index in [2.05, 4.69) is 10.6 Å². The number of aliphatic hydroxyl groups excluding tert-OH is 1. The Labute approximate surface area is 223 Å². The lowest BCUT2D eigenvalue weighted by Gasteiger charge is -2.26. The minimum Gasteiger partial charge on any atom is -0.394 e. The van der Waals surface area contributed by atoms with E-state index in [0.717, 1.165) is 11.1 Å². The number of nitrogen functional groups attached to an aromatic ring is 1. The molecule has 0 spiro atoms. The molecule has 2 heterocycles. The number of benzene rings is 2. The van der Waals surface area contributed by atoms with Crippen LogP contribution in [0.5, 0.6) is 0 Å². The van der Waals surface area contributed by atoms with Crippen molar-refractivity contribution in [2.45, 2.75) is 24.9 Å². The molecule has 2 atom stereocenters. The molecule has 0 unspecified atom stereocenters. The Bertz CT molecular complexity index is 1340. The first-order valence-electron chi connectivity index (χ1n) is 12.0. The number of aliphatic hydroxyl groups is 1. The molecule has 4 rings (SSSR count). The van der Waals surface area contributed by atoms with Crippen molar-refractivity contribution in [2.24, 2.45) is 5.73 Å². The predicted octanol–water partition coefficient (Wildman–Crippen LogP) is 2.41. The standard InChI is InChI=1S/C27H28FN5O4S/c28-20-8-6-16(7-9-20)17-3-1-4-18(11-17)26(36)31-13-24(35)33-10-2-5-22(33)27(37)32-21(14-34)23-12-19(15-38-23)25(29)30/h1,3-4,6-9,11-12,15,21-22,34H,2,5,10,13-14H2,(H3,29,30)(H,31,36)(H,32,37)/t21-,22+/m1/s1. The molecule has 3 amide bonds. The van der Waals surface area contributed by atoms with Crippen LogP contribution in [0, 0.1) is 11.2 Å². The van der Waals surface area contributed by atoms with E-state index >= 15 is 0 Å². The van der Waals surface area contributed by atoms with Crippen molar-refractivity contribution in [3.63, 3.8) is 0 Å². The molecule has 0 radical (unpaired) electrons. The van der Waals surface area contributed by atoms with Crippen LogP contribution < -0.4 is 16.4 Å². The van der Waals surface area contributed by atoms with Crippen molar-refractivity contribution in [1.82, 2.24) is 15.5 Å². The van der Waals surface area contributed by atoms with Gasteiger partial charge in [-0.2, -0.15) is 0 Å². The smallest absolute Gasteiger partial charge is 0.251 e. The molecule has 9 nitrogen and oxygen atoms in total. The second-order valence-corrected chi connectivity index (χ2v) is 9.85. The number of carbonyl (C=O) groups excluding carboxylic acids is 3. The molecular formula is C27H28FN5O4S. The van der Waals surface area contributed by atoms with Gasteiger partial charge in [0.15, 0.2) is 0 Å². The van der Waals surface area contributed by atoms with Crippen molar-refractivity contribution in [3.05, 3.63) is 81.8 Å². The number of amides is 3. The summed E-state index contributed by atoms with van der Waals surface area (Å²) in [5.41, 5.74) is 7.85. The third kappa shape index (κ3) is 6.24. The molecule has 1 saturated heterocycles. The van der Waals surface area contributed by atoms with Crippen molar-refractivity contribution in [3.8, 4) is 11.1 Å². The van der Waals surface area contributed by atoms with Gasteiger partial charge < -0.3 is 26.4 Å². The molecule has 2 aromatic carbocycles. The Hall–Kier alpha value is -4.09. The molecule has 198 valence electrons. The van der Waals surface area contributed by atoms with E-state index in [1.165, 1.54) is 28.4 Å². The highest BCUT2D eigenvalue weighted by molar-refractivity contribution is 7.10. The summed E-state index contributed by atoms with van der Waals surface area (Å²) in [6.07, 6.45) is 1.10. The summed E-state index contributed by atoms with van der Waals surface area (Å²) in [4.78, 5) is 40.8. The molecule has 0 saturated carbocycles. The van der Waals surface area contributed by atoms with E-state index < -0.39 is 23.9 Å². The van der Waals surface area contributed by atoms with Gasteiger partial charge in [-0.25, -0.2) is 4.39 Å². The Morgan fingerprint density at radius 3 is 2.58 bits per heavy atom. The summed E-state index contributed by atoms with van der Waals surface area (Å²) in [5, 5.41) is 24.4. The molecule has 38 heavy (non-hydrogen) atoms. The Kier molecular flexibility index (Phi) is 8.49. The SMILES string of the molecule is N=C(N)c1csc([C@@H](CO)NC(=O)[C@@H]2CCCN2C(=O)CNC(=O)c2cccc(-c3ccc(F)cc3)c2)c1.